The molecule has 0 aromatic carbocycles. The molecule has 0 unspecified atom stereocenters. The Morgan fingerprint density at radius 3 is 2.93 bits per heavy atom. The van der Waals surface area contributed by atoms with Crippen LogP contribution in [0.25, 0.3) is 0 Å². The van der Waals surface area contributed by atoms with Crippen LogP contribution in [0.1, 0.15) is 43.1 Å². The summed E-state index contributed by atoms with van der Waals surface area (Å²) >= 11 is 0. The number of β-amino-alcohol motifs (C(OH)–C–C–N with tert-alkyl or cyclic N) is 1. The number of carbonyl (C=O) groups excluding carboxylic acids is 2. The van der Waals surface area contributed by atoms with Crippen molar-refractivity contribution in [3.63, 3.8) is 0 Å². The molecule has 0 aliphatic carbocycles. The predicted octanol–water partition coefficient (Wildman–Crippen LogP) is 0.747. The highest BCUT2D eigenvalue weighted by Gasteiger charge is 2.40. The van der Waals surface area contributed by atoms with E-state index in [2.05, 4.69) is 10.3 Å². The van der Waals surface area contributed by atoms with Gasteiger partial charge in [0.2, 0.25) is 5.91 Å². The molecule has 0 saturated carbocycles. The maximum absolute atomic E-state index is 13.0. The molecule has 0 radical (unpaired) electrons. The zero-order valence-electron chi connectivity index (χ0n) is 16.3. The minimum Gasteiger partial charge on any atom is -0.389 e. The van der Waals surface area contributed by atoms with Crippen LogP contribution in [0.2, 0.25) is 0 Å². The molecule has 2 N–H and O–H groups in total. The Bertz CT molecular complexity index is 657. The average molecular weight is 391 g/mol. The fraction of sp³-hybridized carbons (Fsp3) is 0.650. The van der Waals surface area contributed by atoms with Crippen molar-refractivity contribution < 1.29 is 24.2 Å². The first-order valence-electron chi connectivity index (χ1n) is 9.98. The normalized spacial score (nSPS) is 28.0. The van der Waals surface area contributed by atoms with Crippen molar-refractivity contribution in [2.45, 2.75) is 57.0 Å². The van der Waals surface area contributed by atoms with Gasteiger partial charge in [-0.25, -0.2) is 0 Å². The van der Waals surface area contributed by atoms with Crippen LogP contribution in [0.4, 0.5) is 0 Å². The van der Waals surface area contributed by atoms with Crippen LogP contribution >= 0.6 is 0 Å². The number of aliphatic hydroxyl groups excluding tert-OH is 1. The van der Waals surface area contributed by atoms with Crippen LogP contribution in [0.5, 0.6) is 0 Å². The molecular formula is C20H29N3O5. The van der Waals surface area contributed by atoms with Gasteiger partial charge >= 0.3 is 0 Å². The van der Waals surface area contributed by atoms with Gasteiger partial charge in [0.25, 0.3) is 5.91 Å². The Morgan fingerprint density at radius 1 is 1.32 bits per heavy atom. The van der Waals surface area contributed by atoms with Gasteiger partial charge in [0.15, 0.2) is 0 Å². The summed E-state index contributed by atoms with van der Waals surface area (Å²) in [6.07, 6.45) is 2.84. The van der Waals surface area contributed by atoms with Gasteiger partial charge in [0.1, 0.15) is 11.8 Å². The molecule has 1 aromatic heterocycles. The largest absolute Gasteiger partial charge is 0.389 e. The Morgan fingerprint density at radius 2 is 2.18 bits per heavy atom. The van der Waals surface area contributed by atoms with Crippen LogP contribution in [0.3, 0.4) is 0 Å². The highest BCUT2D eigenvalue weighted by atomic mass is 16.5. The zero-order valence-corrected chi connectivity index (χ0v) is 16.3. The molecule has 2 fully saturated rings. The number of nitrogens with zero attached hydrogens (tertiary/aromatic N) is 2. The number of aromatic nitrogens is 1. The van der Waals surface area contributed by atoms with Gasteiger partial charge in [-0.15, -0.1) is 0 Å². The second-order valence-electron chi connectivity index (χ2n) is 7.36. The first-order valence-corrected chi connectivity index (χ1v) is 9.98. The summed E-state index contributed by atoms with van der Waals surface area (Å²) in [5.41, 5.74) is 0.344. The van der Waals surface area contributed by atoms with Crippen molar-refractivity contribution in [1.82, 2.24) is 15.2 Å². The highest BCUT2D eigenvalue weighted by molar-refractivity contribution is 5.92. The Kier molecular flexibility index (Phi) is 7.36. The van der Waals surface area contributed by atoms with Crippen LogP contribution in [-0.2, 0) is 14.3 Å². The SMILES string of the molecule is CCCNC(=O)C[C@H]1CC[C@@H]2[C@H](COC[C@@H](O)CN2C(=O)c2ccccn2)O1. The second-order valence-corrected chi connectivity index (χ2v) is 7.36. The fourth-order valence-corrected chi connectivity index (χ4v) is 3.75. The third-order valence-electron chi connectivity index (χ3n) is 5.11. The van der Waals surface area contributed by atoms with E-state index in [-0.39, 0.29) is 49.8 Å². The van der Waals surface area contributed by atoms with Crippen molar-refractivity contribution >= 4 is 11.8 Å². The van der Waals surface area contributed by atoms with Crippen molar-refractivity contribution in [2.24, 2.45) is 0 Å². The lowest BCUT2D eigenvalue weighted by Crippen LogP contribution is -2.57. The molecule has 8 nitrogen and oxygen atoms in total. The maximum atomic E-state index is 13.0. The summed E-state index contributed by atoms with van der Waals surface area (Å²) in [5, 5.41) is 13.1. The van der Waals surface area contributed by atoms with E-state index in [0.717, 1.165) is 6.42 Å². The summed E-state index contributed by atoms with van der Waals surface area (Å²) in [7, 11) is 0. The average Bonchev–Trinajstić information content (AvgIpc) is 2.70. The zero-order chi connectivity index (χ0) is 19.9. The van der Waals surface area contributed by atoms with Crippen molar-refractivity contribution in [2.75, 3.05) is 26.3 Å². The van der Waals surface area contributed by atoms with Crippen molar-refractivity contribution in [3.05, 3.63) is 30.1 Å². The van der Waals surface area contributed by atoms with Crippen LogP contribution in [0.15, 0.2) is 24.4 Å². The summed E-state index contributed by atoms with van der Waals surface area (Å²) < 4.78 is 11.7. The molecule has 4 atom stereocenters. The number of nitrogens with one attached hydrogen (secondary N) is 1. The van der Waals surface area contributed by atoms with E-state index < -0.39 is 6.10 Å². The molecule has 0 bridgehead atoms. The molecule has 3 heterocycles. The third-order valence-corrected chi connectivity index (χ3v) is 5.11. The second kappa shape index (κ2) is 9.95. The molecule has 8 heteroatoms. The number of hydrogen-bond donors (Lipinski definition) is 2. The van der Waals surface area contributed by atoms with Gasteiger partial charge in [0.05, 0.1) is 37.9 Å². The number of fused-ring (bicyclic) bond motifs is 1. The summed E-state index contributed by atoms with van der Waals surface area (Å²) in [6, 6.07) is 4.97. The monoisotopic (exact) mass is 391 g/mol. The standard InChI is InChI=1S/C20H29N3O5/c1-2-8-22-19(25)10-15-6-7-17-18(28-15)13-27-12-14(24)11-23(17)20(26)16-5-3-4-9-21-16/h3-5,9,14-15,17-18,24H,2,6-8,10-13H2,1H3,(H,22,25)/t14-,15+,17+,18-/m0/s1. The minimum atomic E-state index is -0.758. The van der Waals surface area contributed by atoms with Gasteiger partial charge in [-0.1, -0.05) is 13.0 Å². The molecule has 154 valence electrons. The van der Waals surface area contributed by atoms with Gasteiger partial charge in [-0.3, -0.25) is 14.6 Å². The Balaban J connectivity index is 1.70. The number of hydrogen-bond acceptors (Lipinski definition) is 6. The fourth-order valence-electron chi connectivity index (χ4n) is 3.75. The van der Waals surface area contributed by atoms with Crippen molar-refractivity contribution in [1.29, 1.82) is 0 Å². The summed E-state index contributed by atoms with van der Waals surface area (Å²) in [6.45, 7) is 3.25. The highest BCUT2D eigenvalue weighted by Crippen LogP contribution is 2.28. The van der Waals surface area contributed by atoms with Gasteiger partial charge in [-0.05, 0) is 31.4 Å². The number of ether oxygens (including phenoxy) is 2. The van der Waals surface area contributed by atoms with Crippen LogP contribution < -0.4 is 5.32 Å². The molecule has 1 aromatic rings. The van der Waals surface area contributed by atoms with E-state index in [9.17, 15) is 14.7 Å². The van der Waals surface area contributed by atoms with Gasteiger partial charge < -0.3 is 24.8 Å². The van der Waals surface area contributed by atoms with E-state index >= 15 is 0 Å². The molecule has 28 heavy (non-hydrogen) atoms. The summed E-state index contributed by atoms with van der Waals surface area (Å²) in [5.74, 6) is -0.242. The number of amides is 2. The maximum Gasteiger partial charge on any atom is 0.272 e. The topological polar surface area (TPSA) is 101 Å². The number of rotatable bonds is 5. The van der Waals surface area contributed by atoms with Gasteiger partial charge in [0, 0.05) is 19.3 Å². The van der Waals surface area contributed by atoms with E-state index in [1.54, 1.807) is 29.3 Å². The third kappa shape index (κ3) is 5.27. The van der Waals surface area contributed by atoms with Crippen molar-refractivity contribution in [3.8, 4) is 0 Å². The first kappa shape index (κ1) is 20.7. The predicted molar refractivity (Wildman–Crippen MR) is 102 cm³/mol. The smallest absolute Gasteiger partial charge is 0.272 e. The quantitative estimate of drug-likeness (QED) is 0.768. The lowest BCUT2D eigenvalue weighted by Gasteiger charge is -2.44. The number of carbonyl (C=O) groups is 2. The van der Waals surface area contributed by atoms with E-state index in [1.807, 2.05) is 6.92 Å². The number of pyridine rings is 1. The molecule has 2 amide bonds. The van der Waals surface area contributed by atoms with Crippen LogP contribution in [-0.4, -0.2) is 77.5 Å². The molecule has 0 spiro atoms. The minimum absolute atomic E-state index is 0.0195. The van der Waals surface area contributed by atoms with Crippen LogP contribution in [0, 0.1) is 0 Å². The molecule has 2 aliphatic heterocycles. The molecule has 2 saturated heterocycles. The lowest BCUT2D eigenvalue weighted by molar-refractivity contribution is -0.150. The van der Waals surface area contributed by atoms with E-state index in [4.69, 9.17) is 9.47 Å². The Hall–Kier alpha value is -2.03. The number of aliphatic hydroxyl groups is 1. The molecular weight excluding hydrogens is 362 g/mol. The molecule has 2 aliphatic rings. The summed E-state index contributed by atoms with van der Waals surface area (Å²) in [4.78, 5) is 30.9. The van der Waals surface area contributed by atoms with Gasteiger partial charge in [-0.2, -0.15) is 0 Å². The lowest BCUT2D eigenvalue weighted by atomic mass is 9.94. The molecule has 3 rings (SSSR count). The Labute approximate surface area is 165 Å². The van der Waals surface area contributed by atoms with E-state index in [0.29, 0.717) is 31.5 Å². The first-order chi connectivity index (χ1) is 13.6. The van der Waals surface area contributed by atoms with E-state index in [1.165, 1.54) is 0 Å².